The van der Waals surface area contributed by atoms with E-state index in [-0.39, 0.29) is 11.8 Å². The van der Waals surface area contributed by atoms with Crippen molar-refractivity contribution in [3.63, 3.8) is 0 Å². The lowest BCUT2D eigenvalue weighted by molar-refractivity contribution is 0.101. The summed E-state index contributed by atoms with van der Waals surface area (Å²) < 4.78 is 0. The maximum absolute atomic E-state index is 12.6. The van der Waals surface area contributed by atoms with Crippen LogP contribution in [-0.2, 0) is 0 Å². The Labute approximate surface area is 209 Å². The Morgan fingerprint density at radius 3 is 1.25 bits per heavy atom. The van der Waals surface area contributed by atoms with Crippen LogP contribution in [0.25, 0.3) is 11.1 Å². The minimum atomic E-state index is -0.242. The zero-order chi connectivity index (χ0) is 25.7. The number of carbonyl (C=O) groups is 2. The van der Waals surface area contributed by atoms with Crippen LogP contribution in [-0.4, -0.2) is 11.8 Å². The Balaban J connectivity index is 1.47. The zero-order valence-electron chi connectivity index (χ0n) is 19.8. The molecule has 0 fully saturated rings. The molecule has 0 saturated heterocycles. The normalized spacial score (nSPS) is 10.1. The van der Waals surface area contributed by atoms with Crippen LogP contribution >= 0.6 is 0 Å². The van der Waals surface area contributed by atoms with Gasteiger partial charge in [-0.05, 0) is 109 Å². The second-order valence-electron chi connectivity index (χ2n) is 8.35. The van der Waals surface area contributed by atoms with Crippen molar-refractivity contribution >= 4 is 23.2 Å². The summed E-state index contributed by atoms with van der Waals surface area (Å²) in [6.07, 6.45) is 0. The van der Waals surface area contributed by atoms with Gasteiger partial charge in [0, 0.05) is 22.5 Å². The van der Waals surface area contributed by atoms with Crippen molar-refractivity contribution in [2.75, 3.05) is 10.6 Å². The Morgan fingerprint density at radius 2 is 0.944 bits per heavy atom. The first-order valence-corrected chi connectivity index (χ1v) is 11.2. The van der Waals surface area contributed by atoms with Crippen LogP contribution in [0.1, 0.15) is 43.0 Å². The molecule has 0 aliphatic heterocycles. The summed E-state index contributed by atoms with van der Waals surface area (Å²) in [6, 6.07) is 28.6. The van der Waals surface area contributed by atoms with Gasteiger partial charge in [0.2, 0.25) is 0 Å². The van der Waals surface area contributed by atoms with Gasteiger partial charge in [-0.15, -0.1) is 0 Å². The second-order valence-corrected chi connectivity index (χ2v) is 8.35. The Morgan fingerprint density at radius 1 is 0.583 bits per heavy atom. The van der Waals surface area contributed by atoms with Crippen molar-refractivity contribution in [1.29, 1.82) is 10.5 Å². The number of aryl methyl sites for hydroxylation is 2. The first-order valence-electron chi connectivity index (χ1n) is 11.2. The summed E-state index contributed by atoms with van der Waals surface area (Å²) >= 11 is 0. The molecule has 0 spiro atoms. The number of nitrogens with one attached hydrogen (secondary N) is 2. The van der Waals surface area contributed by atoms with Crippen molar-refractivity contribution in [3.05, 3.63) is 118 Å². The largest absolute Gasteiger partial charge is 0.322 e. The van der Waals surface area contributed by atoms with Crippen LogP contribution < -0.4 is 10.6 Å². The summed E-state index contributed by atoms with van der Waals surface area (Å²) in [4.78, 5) is 25.2. The van der Waals surface area contributed by atoms with Crippen molar-refractivity contribution in [2.45, 2.75) is 13.8 Å². The van der Waals surface area contributed by atoms with Crippen LogP contribution in [0.5, 0.6) is 0 Å². The molecule has 36 heavy (non-hydrogen) atoms. The quantitative estimate of drug-likeness (QED) is 0.361. The van der Waals surface area contributed by atoms with Crippen LogP contribution in [0.3, 0.4) is 0 Å². The zero-order valence-corrected chi connectivity index (χ0v) is 19.8. The highest BCUT2D eigenvalue weighted by molar-refractivity contribution is 6.05. The highest BCUT2D eigenvalue weighted by Gasteiger charge is 2.11. The average Bonchev–Trinajstić information content (AvgIpc) is 2.91. The number of nitrogens with zero attached hydrogens (tertiary/aromatic N) is 2. The summed E-state index contributed by atoms with van der Waals surface area (Å²) in [5, 5.41) is 23.7. The van der Waals surface area contributed by atoms with E-state index in [9.17, 15) is 9.59 Å². The molecule has 2 amide bonds. The van der Waals surface area contributed by atoms with E-state index in [1.807, 2.05) is 62.4 Å². The van der Waals surface area contributed by atoms with Crippen molar-refractivity contribution in [2.24, 2.45) is 0 Å². The first kappa shape index (κ1) is 23.9. The molecule has 6 heteroatoms. The molecule has 0 aromatic heterocycles. The molecule has 0 aliphatic carbocycles. The SMILES string of the molecule is Cc1cc(-c2ccc(NC(=O)c3ccc(C#N)cc3)c(C)c2)ccc1NC(=O)c1ccc(C#N)cc1. The van der Waals surface area contributed by atoms with Crippen LogP contribution in [0.15, 0.2) is 84.9 Å². The van der Waals surface area contributed by atoms with Gasteiger partial charge in [0.25, 0.3) is 11.8 Å². The number of anilines is 2. The van der Waals surface area contributed by atoms with Crippen molar-refractivity contribution < 1.29 is 9.59 Å². The van der Waals surface area contributed by atoms with Gasteiger partial charge >= 0.3 is 0 Å². The number of rotatable bonds is 5. The Kier molecular flexibility index (Phi) is 6.90. The Bertz CT molecular complexity index is 1420. The Hall–Kier alpha value is -5.20. The van der Waals surface area contributed by atoms with Crippen LogP contribution in [0.2, 0.25) is 0 Å². The number of hydrogen-bond donors (Lipinski definition) is 2. The van der Waals surface area contributed by atoms with E-state index in [2.05, 4.69) is 10.6 Å². The molecule has 2 N–H and O–H groups in total. The molecule has 0 saturated carbocycles. The fourth-order valence-electron chi connectivity index (χ4n) is 3.75. The maximum atomic E-state index is 12.6. The van der Waals surface area contributed by atoms with E-state index in [0.29, 0.717) is 33.6 Å². The molecule has 0 heterocycles. The van der Waals surface area contributed by atoms with Gasteiger partial charge in [-0.2, -0.15) is 10.5 Å². The minimum Gasteiger partial charge on any atom is -0.322 e. The van der Waals surface area contributed by atoms with Gasteiger partial charge in [0.15, 0.2) is 0 Å². The second kappa shape index (κ2) is 10.4. The van der Waals surface area contributed by atoms with Gasteiger partial charge < -0.3 is 10.6 Å². The third-order valence-corrected chi connectivity index (χ3v) is 5.83. The molecule has 0 atom stereocenters. The predicted molar refractivity (Wildman–Crippen MR) is 140 cm³/mol. The number of benzene rings is 4. The van der Waals surface area contributed by atoms with E-state index >= 15 is 0 Å². The smallest absolute Gasteiger partial charge is 0.255 e. The lowest BCUT2D eigenvalue weighted by Gasteiger charge is -2.13. The van der Waals surface area contributed by atoms with E-state index < -0.39 is 0 Å². The molecule has 0 bridgehead atoms. The van der Waals surface area contributed by atoms with E-state index in [1.165, 1.54) is 0 Å². The van der Waals surface area contributed by atoms with Gasteiger partial charge in [-0.25, -0.2) is 0 Å². The first-order chi connectivity index (χ1) is 17.4. The minimum absolute atomic E-state index is 0.242. The third kappa shape index (κ3) is 5.30. The topological polar surface area (TPSA) is 106 Å². The number of hydrogen-bond acceptors (Lipinski definition) is 4. The van der Waals surface area contributed by atoms with Crippen molar-refractivity contribution in [1.82, 2.24) is 0 Å². The summed E-state index contributed by atoms with van der Waals surface area (Å²) in [7, 11) is 0. The average molecular weight is 471 g/mol. The van der Waals surface area contributed by atoms with E-state index in [0.717, 1.165) is 22.3 Å². The molecule has 0 unspecified atom stereocenters. The third-order valence-electron chi connectivity index (χ3n) is 5.83. The molecule has 4 aromatic carbocycles. The monoisotopic (exact) mass is 470 g/mol. The lowest BCUT2D eigenvalue weighted by atomic mass is 9.99. The summed E-state index contributed by atoms with van der Waals surface area (Å²) in [5.41, 5.74) is 7.15. The van der Waals surface area contributed by atoms with E-state index in [4.69, 9.17) is 10.5 Å². The molecule has 6 nitrogen and oxygen atoms in total. The predicted octanol–water partition coefficient (Wildman–Crippen LogP) is 6.22. The maximum Gasteiger partial charge on any atom is 0.255 e. The number of nitriles is 2. The van der Waals surface area contributed by atoms with Crippen LogP contribution in [0.4, 0.5) is 11.4 Å². The summed E-state index contributed by atoms with van der Waals surface area (Å²) in [5.74, 6) is -0.484. The summed E-state index contributed by atoms with van der Waals surface area (Å²) in [6.45, 7) is 3.86. The molecule has 0 radical (unpaired) electrons. The van der Waals surface area contributed by atoms with Gasteiger partial charge in [-0.3, -0.25) is 9.59 Å². The van der Waals surface area contributed by atoms with Gasteiger partial charge in [-0.1, -0.05) is 12.1 Å². The molecule has 4 rings (SSSR count). The standard InChI is InChI=1S/C30H22N4O2/c1-19-15-25(11-13-27(19)33-29(35)23-7-3-21(17-31)4-8-23)26-12-14-28(20(2)16-26)34-30(36)24-9-5-22(18-32)6-10-24/h3-16H,1-2H3,(H,33,35)(H,34,36). The fraction of sp³-hybridized carbons (Fsp3) is 0.0667. The van der Waals surface area contributed by atoms with Crippen molar-refractivity contribution in [3.8, 4) is 23.3 Å². The molecule has 0 aliphatic rings. The molecular formula is C30H22N4O2. The number of carbonyl (C=O) groups excluding carboxylic acids is 2. The highest BCUT2D eigenvalue weighted by Crippen LogP contribution is 2.28. The lowest BCUT2D eigenvalue weighted by Crippen LogP contribution is -2.13. The molecule has 4 aromatic rings. The number of amides is 2. The fourth-order valence-corrected chi connectivity index (χ4v) is 3.75. The van der Waals surface area contributed by atoms with E-state index in [1.54, 1.807) is 48.5 Å². The molecule has 174 valence electrons. The van der Waals surface area contributed by atoms with Crippen LogP contribution in [0, 0.1) is 36.5 Å². The highest BCUT2D eigenvalue weighted by atomic mass is 16.2. The van der Waals surface area contributed by atoms with Gasteiger partial charge in [0.1, 0.15) is 0 Å². The molecular weight excluding hydrogens is 448 g/mol. The van der Waals surface area contributed by atoms with Gasteiger partial charge in [0.05, 0.1) is 23.3 Å².